The van der Waals surface area contributed by atoms with Gasteiger partial charge in [0.1, 0.15) is 0 Å². The molecule has 8 nitrogen and oxygen atoms in total. The molecule has 0 aliphatic heterocycles. The van der Waals surface area contributed by atoms with E-state index in [1.807, 2.05) is 0 Å². The Bertz CT molecular complexity index is 380. The van der Waals surface area contributed by atoms with E-state index in [4.69, 9.17) is 20.4 Å². The number of hydrogen-bond acceptors (Lipinski definition) is 5. The smallest absolute Gasteiger partial charge is 0.219 e. The van der Waals surface area contributed by atoms with Gasteiger partial charge in [-0.15, -0.1) is 0 Å². The van der Waals surface area contributed by atoms with Gasteiger partial charge in [-0.25, -0.2) is 0 Å². The van der Waals surface area contributed by atoms with Crippen LogP contribution in [0.5, 0.6) is 0 Å². The first-order valence-electron chi connectivity index (χ1n) is 12.5. The van der Waals surface area contributed by atoms with Crippen molar-refractivity contribution in [3.8, 4) is 0 Å². The van der Waals surface area contributed by atoms with Crippen LogP contribution in [0.2, 0.25) is 0 Å². The first kappa shape index (κ1) is 31.8. The van der Waals surface area contributed by atoms with Gasteiger partial charge in [-0.05, 0) is 6.42 Å². The van der Waals surface area contributed by atoms with Crippen molar-refractivity contribution in [2.75, 3.05) is 26.2 Å². The molecule has 0 rings (SSSR count). The monoisotopic (exact) mass is 447 g/mol. The zero-order chi connectivity index (χ0) is 23.4. The molecule has 0 saturated heterocycles. The number of carbonyl (C=O) groups is 1. The molecule has 0 radical (unpaired) electrons. The third kappa shape index (κ3) is 36.3. The fourth-order valence-corrected chi connectivity index (χ4v) is 3.46. The van der Waals surface area contributed by atoms with Crippen LogP contribution in [0.15, 0.2) is 0 Å². The molecule has 0 unspecified atom stereocenters. The lowest BCUT2D eigenvalue weighted by Gasteiger charge is -2.05. The second-order valence-electron chi connectivity index (χ2n) is 8.22. The number of nitrogens with one attached hydrogen (secondary N) is 1. The van der Waals surface area contributed by atoms with Gasteiger partial charge in [-0.3, -0.25) is 4.79 Å². The molecule has 0 fully saturated rings. The van der Waals surface area contributed by atoms with Gasteiger partial charge in [0.15, 0.2) is 0 Å². The number of aliphatic hydroxyl groups excluding tert-OH is 1. The van der Waals surface area contributed by atoms with Gasteiger partial charge in [0.05, 0.1) is 24.8 Å². The predicted molar refractivity (Wildman–Crippen MR) is 126 cm³/mol. The number of nitrogens with two attached hydrogens (primary N) is 1. The lowest BCUT2D eigenvalue weighted by molar-refractivity contribution is -0.656. The van der Waals surface area contributed by atoms with E-state index >= 15 is 0 Å². The quantitative estimate of drug-likeness (QED) is 0.131. The van der Waals surface area contributed by atoms with Crippen molar-refractivity contribution in [1.82, 2.24) is 5.32 Å². The maximum absolute atomic E-state index is 11.7. The molecule has 0 heterocycles. The number of quaternary nitrogens is 1. The van der Waals surface area contributed by atoms with E-state index in [2.05, 4.69) is 17.6 Å². The topological polar surface area (TPSA) is 132 Å². The minimum Gasteiger partial charge on any atom is -0.391 e. The summed E-state index contributed by atoms with van der Waals surface area (Å²) in [7, 11) is 0. The van der Waals surface area contributed by atoms with Crippen molar-refractivity contribution in [2.45, 2.75) is 116 Å². The zero-order valence-electron chi connectivity index (χ0n) is 20.0. The van der Waals surface area contributed by atoms with Crippen LogP contribution >= 0.6 is 0 Å². The lowest BCUT2D eigenvalue weighted by Crippen LogP contribution is -2.85. The molecule has 0 bridgehead atoms. The van der Waals surface area contributed by atoms with Crippen molar-refractivity contribution in [2.24, 2.45) is 0 Å². The van der Waals surface area contributed by atoms with E-state index in [9.17, 15) is 4.79 Å². The largest absolute Gasteiger partial charge is 0.391 e. The van der Waals surface area contributed by atoms with Crippen LogP contribution in [0.25, 0.3) is 0 Å². The Morgan fingerprint density at radius 2 is 1.19 bits per heavy atom. The first-order chi connectivity index (χ1) is 15.0. The maximum Gasteiger partial charge on any atom is 0.219 e. The van der Waals surface area contributed by atoms with Crippen LogP contribution in [-0.4, -0.2) is 42.3 Å². The molecular weight excluding hydrogens is 398 g/mol. The lowest BCUT2D eigenvalue weighted by atomic mass is 10.0. The second-order valence-corrected chi connectivity index (χ2v) is 8.22. The van der Waals surface area contributed by atoms with Gasteiger partial charge in [-0.2, -0.15) is 0 Å². The van der Waals surface area contributed by atoms with Crippen molar-refractivity contribution >= 4 is 5.91 Å². The summed E-state index contributed by atoms with van der Waals surface area (Å²) in [6.07, 6.45) is 22.0. The van der Waals surface area contributed by atoms with Gasteiger partial charge >= 0.3 is 0 Å². The van der Waals surface area contributed by atoms with Crippen LogP contribution in [0.4, 0.5) is 0 Å². The Kier molecular flexibility index (Phi) is 29.3. The Morgan fingerprint density at radius 3 is 1.61 bits per heavy atom. The Balaban J connectivity index is 0. The van der Waals surface area contributed by atoms with Crippen LogP contribution in [0, 0.1) is 15.3 Å². The standard InChI is InChI=1S/C23H48N2O2.NO3/c1-2-3-4-5-6-7-8-9-10-11-12-13-14-15-16-18-23(27)25-20-17-19-24-21-22-26;2-1(3)4/h24,26H,2-22H2,1H3,(H,25,27);/q;-1/p+1. The second kappa shape index (κ2) is 28.6. The molecule has 8 heteroatoms. The number of carbonyl (C=O) groups excluding carboxylic acids is 1. The predicted octanol–water partition coefficient (Wildman–Crippen LogP) is 4.07. The summed E-state index contributed by atoms with van der Waals surface area (Å²) in [6, 6.07) is 0. The molecule has 0 atom stereocenters. The zero-order valence-corrected chi connectivity index (χ0v) is 20.0. The molecule has 1 amide bonds. The van der Waals surface area contributed by atoms with Crippen molar-refractivity contribution in [1.29, 1.82) is 0 Å². The Morgan fingerprint density at radius 1 is 0.774 bits per heavy atom. The van der Waals surface area contributed by atoms with Crippen molar-refractivity contribution in [3.63, 3.8) is 0 Å². The van der Waals surface area contributed by atoms with Gasteiger partial charge in [-0.1, -0.05) is 96.8 Å². The first-order valence-corrected chi connectivity index (χ1v) is 12.5. The molecule has 186 valence electrons. The molecule has 0 aromatic carbocycles. The maximum atomic E-state index is 11.7. The molecule has 31 heavy (non-hydrogen) atoms. The van der Waals surface area contributed by atoms with Crippen LogP contribution in [0.3, 0.4) is 0 Å². The van der Waals surface area contributed by atoms with Gasteiger partial charge in [0.2, 0.25) is 5.91 Å². The van der Waals surface area contributed by atoms with E-state index in [1.54, 1.807) is 0 Å². The molecule has 0 aliphatic rings. The summed E-state index contributed by atoms with van der Waals surface area (Å²) in [5.74, 6) is 0.201. The summed E-state index contributed by atoms with van der Waals surface area (Å²) >= 11 is 0. The third-order valence-electron chi connectivity index (χ3n) is 5.25. The molecule has 0 aromatic rings. The van der Waals surface area contributed by atoms with E-state index < -0.39 is 5.09 Å². The van der Waals surface area contributed by atoms with Crippen LogP contribution in [0.1, 0.15) is 116 Å². The Labute approximate surface area is 189 Å². The molecular formula is C23H49N3O5. The number of aliphatic hydroxyl groups is 1. The van der Waals surface area contributed by atoms with Crippen molar-refractivity contribution in [3.05, 3.63) is 15.3 Å². The van der Waals surface area contributed by atoms with Crippen LogP contribution < -0.4 is 10.6 Å². The number of nitrogens with zero attached hydrogens (tertiary/aromatic N) is 1. The summed E-state index contributed by atoms with van der Waals surface area (Å²) < 4.78 is 0. The SMILES string of the molecule is CCCCCCCCCCCCCCCCCC(=O)NCCC[NH2+]CCO.O=[N+]([O-])[O-]. The highest BCUT2D eigenvalue weighted by atomic mass is 16.9. The third-order valence-corrected chi connectivity index (χ3v) is 5.25. The van der Waals surface area contributed by atoms with E-state index in [-0.39, 0.29) is 12.5 Å². The highest BCUT2D eigenvalue weighted by molar-refractivity contribution is 5.75. The highest BCUT2D eigenvalue weighted by Gasteiger charge is 2.01. The number of rotatable bonds is 22. The minimum atomic E-state index is -1.75. The van der Waals surface area contributed by atoms with E-state index in [1.165, 1.54) is 89.9 Å². The summed E-state index contributed by atoms with van der Waals surface area (Å²) in [4.78, 5) is 20.0. The van der Waals surface area contributed by atoms with Crippen molar-refractivity contribution < 1.29 is 20.3 Å². The van der Waals surface area contributed by atoms with E-state index in [0.29, 0.717) is 6.42 Å². The highest BCUT2D eigenvalue weighted by Crippen LogP contribution is 2.13. The number of unbranched alkanes of at least 4 members (excludes halogenated alkanes) is 14. The van der Waals surface area contributed by atoms with Gasteiger partial charge in [0, 0.05) is 19.4 Å². The Hall–Kier alpha value is -1.41. The minimum absolute atomic E-state index is 0.201. The summed E-state index contributed by atoms with van der Waals surface area (Å²) in [6.45, 7) is 5.00. The summed E-state index contributed by atoms with van der Waals surface area (Å²) in [5.41, 5.74) is 0. The molecule has 0 spiro atoms. The fraction of sp³-hybridized carbons (Fsp3) is 0.957. The van der Waals surface area contributed by atoms with Gasteiger partial charge < -0.3 is 31.1 Å². The number of amides is 1. The molecule has 0 aromatic heterocycles. The molecule has 4 N–H and O–H groups in total. The summed E-state index contributed by atoms with van der Waals surface area (Å²) in [5, 5.41) is 28.5. The van der Waals surface area contributed by atoms with Crippen LogP contribution in [-0.2, 0) is 4.79 Å². The fourth-order valence-electron chi connectivity index (χ4n) is 3.46. The van der Waals surface area contributed by atoms with Gasteiger partial charge in [0.25, 0.3) is 0 Å². The number of hydrogen-bond donors (Lipinski definition) is 3. The van der Waals surface area contributed by atoms with E-state index in [0.717, 1.165) is 32.5 Å². The molecule has 0 aliphatic carbocycles. The average Bonchev–Trinajstić information content (AvgIpc) is 2.73. The molecule has 0 saturated carbocycles. The normalized spacial score (nSPS) is 10.4. The average molecular weight is 448 g/mol.